The summed E-state index contributed by atoms with van der Waals surface area (Å²) in [6.07, 6.45) is 3.17. The molecule has 0 amide bonds. The normalized spacial score (nSPS) is 15.2. The smallest absolute Gasteiger partial charge is 0.0240 e. The van der Waals surface area contributed by atoms with Crippen molar-refractivity contribution in [3.05, 3.63) is 59.2 Å². The third-order valence-electron chi connectivity index (χ3n) is 3.49. The molecule has 1 heteroatoms. The van der Waals surface area contributed by atoms with Crippen LogP contribution in [0.5, 0.6) is 0 Å². The molecule has 0 aliphatic carbocycles. The van der Waals surface area contributed by atoms with Gasteiger partial charge >= 0.3 is 0 Å². The number of rotatable bonds is 3. The summed E-state index contributed by atoms with van der Waals surface area (Å²) in [5.41, 5.74) is 5.74. The Morgan fingerprint density at radius 2 is 2.00 bits per heavy atom. The van der Waals surface area contributed by atoms with Gasteiger partial charge in [-0.1, -0.05) is 42.5 Å². The molecule has 0 fully saturated rings. The van der Waals surface area contributed by atoms with E-state index in [9.17, 15) is 0 Å². The molecule has 0 saturated heterocycles. The van der Waals surface area contributed by atoms with Crippen molar-refractivity contribution in [2.75, 3.05) is 13.1 Å². The van der Waals surface area contributed by atoms with E-state index in [2.05, 4.69) is 49.6 Å². The minimum absolute atomic E-state index is 1.03. The first-order valence-electron chi connectivity index (χ1n) is 6.28. The Balaban J connectivity index is 2.08. The zero-order valence-electron chi connectivity index (χ0n) is 10.9. The number of hydrogen-bond acceptors (Lipinski definition) is 1. The average Bonchev–Trinajstić information content (AvgIpc) is 2.35. The van der Waals surface area contributed by atoms with Gasteiger partial charge in [-0.15, -0.1) is 0 Å². The van der Waals surface area contributed by atoms with Gasteiger partial charge in [-0.3, -0.25) is 4.90 Å². The lowest BCUT2D eigenvalue weighted by Gasteiger charge is -2.29. The van der Waals surface area contributed by atoms with E-state index < -0.39 is 0 Å². The molecule has 0 bridgehead atoms. The summed E-state index contributed by atoms with van der Waals surface area (Å²) in [6, 6.07) is 8.77. The fourth-order valence-electron chi connectivity index (χ4n) is 2.36. The Kier molecular flexibility index (Phi) is 3.80. The molecule has 1 heterocycles. The SMILES string of the molecule is C=CC(CN1CCc2ccccc2C1)=C(C)C. The maximum Gasteiger partial charge on any atom is 0.0240 e. The molecule has 2 rings (SSSR count). The van der Waals surface area contributed by atoms with Crippen LogP contribution in [0, 0.1) is 0 Å². The second-order valence-corrected chi connectivity index (χ2v) is 4.96. The van der Waals surface area contributed by atoms with Crippen LogP contribution < -0.4 is 0 Å². The standard InChI is InChI=1S/C16H21N/c1-4-14(13(2)3)11-17-10-9-15-7-5-6-8-16(15)12-17/h4-8H,1,9-12H2,2-3H3. The van der Waals surface area contributed by atoms with Crippen molar-refractivity contribution in [2.24, 2.45) is 0 Å². The van der Waals surface area contributed by atoms with Gasteiger partial charge in [-0.2, -0.15) is 0 Å². The lowest BCUT2D eigenvalue weighted by molar-refractivity contribution is 0.277. The summed E-state index contributed by atoms with van der Waals surface area (Å²) in [5.74, 6) is 0. The highest BCUT2D eigenvalue weighted by Gasteiger charge is 2.15. The van der Waals surface area contributed by atoms with E-state index in [1.54, 1.807) is 0 Å². The second kappa shape index (κ2) is 5.33. The summed E-state index contributed by atoms with van der Waals surface area (Å²) in [4.78, 5) is 2.51. The Hall–Kier alpha value is -1.34. The summed E-state index contributed by atoms with van der Waals surface area (Å²) < 4.78 is 0. The summed E-state index contributed by atoms with van der Waals surface area (Å²) in [5, 5.41) is 0. The van der Waals surface area contributed by atoms with Crippen molar-refractivity contribution in [2.45, 2.75) is 26.8 Å². The van der Waals surface area contributed by atoms with Gasteiger partial charge < -0.3 is 0 Å². The zero-order chi connectivity index (χ0) is 12.3. The largest absolute Gasteiger partial charge is 0.294 e. The Morgan fingerprint density at radius 1 is 1.29 bits per heavy atom. The van der Waals surface area contributed by atoms with Crippen molar-refractivity contribution < 1.29 is 0 Å². The number of hydrogen-bond donors (Lipinski definition) is 0. The number of allylic oxidation sites excluding steroid dienone is 1. The van der Waals surface area contributed by atoms with E-state index in [1.807, 2.05) is 6.08 Å². The van der Waals surface area contributed by atoms with E-state index in [0.717, 1.165) is 19.6 Å². The fourth-order valence-corrected chi connectivity index (χ4v) is 2.36. The minimum Gasteiger partial charge on any atom is -0.294 e. The van der Waals surface area contributed by atoms with Crippen LogP contribution in [0.1, 0.15) is 25.0 Å². The third-order valence-corrected chi connectivity index (χ3v) is 3.49. The second-order valence-electron chi connectivity index (χ2n) is 4.96. The lowest BCUT2D eigenvalue weighted by atomic mass is 9.99. The predicted octanol–water partition coefficient (Wildman–Crippen LogP) is 3.57. The number of nitrogens with zero attached hydrogens (tertiary/aromatic N) is 1. The number of benzene rings is 1. The molecule has 1 aliphatic heterocycles. The molecule has 90 valence electrons. The van der Waals surface area contributed by atoms with Gasteiger partial charge in [0.25, 0.3) is 0 Å². The van der Waals surface area contributed by atoms with Crippen LogP contribution in [0.15, 0.2) is 48.1 Å². The van der Waals surface area contributed by atoms with Crippen LogP contribution in [-0.2, 0) is 13.0 Å². The molecular weight excluding hydrogens is 206 g/mol. The highest BCUT2D eigenvalue weighted by atomic mass is 15.1. The minimum atomic E-state index is 1.03. The van der Waals surface area contributed by atoms with Crippen LogP contribution >= 0.6 is 0 Å². The van der Waals surface area contributed by atoms with Crippen molar-refractivity contribution >= 4 is 0 Å². The van der Waals surface area contributed by atoms with Crippen LogP contribution in [0.2, 0.25) is 0 Å². The highest BCUT2D eigenvalue weighted by molar-refractivity contribution is 5.30. The van der Waals surface area contributed by atoms with Gasteiger partial charge in [0.05, 0.1) is 0 Å². The first-order chi connectivity index (χ1) is 8.20. The van der Waals surface area contributed by atoms with E-state index in [0.29, 0.717) is 0 Å². The van der Waals surface area contributed by atoms with Crippen molar-refractivity contribution in [3.8, 4) is 0 Å². The van der Waals surface area contributed by atoms with Gasteiger partial charge in [0.1, 0.15) is 0 Å². The molecule has 0 saturated carbocycles. The van der Waals surface area contributed by atoms with Crippen LogP contribution in [0.4, 0.5) is 0 Å². The maximum absolute atomic E-state index is 3.91. The molecule has 0 atom stereocenters. The molecule has 0 spiro atoms. The first-order valence-corrected chi connectivity index (χ1v) is 6.28. The monoisotopic (exact) mass is 227 g/mol. The van der Waals surface area contributed by atoms with E-state index >= 15 is 0 Å². The average molecular weight is 227 g/mol. The molecule has 1 aliphatic rings. The van der Waals surface area contributed by atoms with Gasteiger partial charge in [-0.25, -0.2) is 0 Å². The summed E-state index contributed by atoms with van der Waals surface area (Å²) >= 11 is 0. The van der Waals surface area contributed by atoms with E-state index in [-0.39, 0.29) is 0 Å². The maximum atomic E-state index is 3.91. The molecule has 0 radical (unpaired) electrons. The highest BCUT2D eigenvalue weighted by Crippen LogP contribution is 2.20. The molecular formula is C16H21N. The van der Waals surface area contributed by atoms with Crippen LogP contribution in [0.3, 0.4) is 0 Å². The topological polar surface area (TPSA) is 3.24 Å². The predicted molar refractivity (Wildman–Crippen MR) is 74.0 cm³/mol. The summed E-state index contributed by atoms with van der Waals surface area (Å²) in [6.45, 7) is 11.5. The molecule has 17 heavy (non-hydrogen) atoms. The molecule has 0 unspecified atom stereocenters. The van der Waals surface area contributed by atoms with Crippen molar-refractivity contribution in [3.63, 3.8) is 0 Å². The fraction of sp³-hybridized carbons (Fsp3) is 0.375. The third kappa shape index (κ3) is 2.86. The summed E-state index contributed by atoms with van der Waals surface area (Å²) in [7, 11) is 0. The quantitative estimate of drug-likeness (QED) is 0.714. The number of fused-ring (bicyclic) bond motifs is 1. The molecule has 1 aromatic rings. The van der Waals surface area contributed by atoms with Crippen molar-refractivity contribution in [1.29, 1.82) is 0 Å². The van der Waals surface area contributed by atoms with Crippen LogP contribution in [0.25, 0.3) is 0 Å². The van der Waals surface area contributed by atoms with Gasteiger partial charge in [0.2, 0.25) is 0 Å². The van der Waals surface area contributed by atoms with Gasteiger partial charge in [0, 0.05) is 19.6 Å². The van der Waals surface area contributed by atoms with Gasteiger partial charge in [-0.05, 0) is 37.0 Å². The molecule has 0 aromatic heterocycles. The molecule has 1 aromatic carbocycles. The van der Waals surface area contributed by atoms with Crippen LogP contribution in [-0.4, -0.2) is 18.0 Å². The Bertz CT molecular complexity index is 439. The van der Waals surface area contributed by atoms with Crippen molar-refractivity contribution in [1.82, 2.24) is 4.90 Å². The Labute approximate surface area is 104 Å². The van der Waals surface area contributed by atoms with E-state index in [1.165, 1.54) is 28.7 Å². The lowest BCUT2D eigenvalue weighted by Crippen LogP contribution is -2.32. The van der Waals surface area contributed by atoms with E-state index in [4.69, 9.17) is 0 Å². The first kappa shape index (κ1) is 12.1. The van der Waals surface area contributed by atoms with Gasteiger partial charge in [0.15, 0.2) is 0 Å². The zero-order valence-corrected chi connectivity index (χ0v) is 10.9. The Morgan fingerprint density at radius 3 is 2.65 bits per heavy atom. The molecule has 0 N–H and O–H groups in total. The molecule has 1 nitrogen and oxygen atoms in total.